The average Bonchev–Trinajstić information content (AvgIpc) is 2.65. The second-order valence-corrected chi connectivity index (χ2v) is 7.04. The van der Waals surface area contributed by atoms with Gasteiger partial charge in [-0.2, -0.15) is 0 Å². The van der Waals surface area contributed by atoms with E-state index in [2.05, 4.69) is 31.0 Å². The monoisotopic (exact) mass is 372 g/mol. The fourth-order valence-corrected chi connectivity index (χ4v) is 2.76. The summed E-state index contributed by atoms with van der Waals surface area (Å²) in [5.41, 5.74) is 0. The molecule has 4 nitrogen and oxygen atoms in total. The number of hydrogen-bond acceptors (Lipinski definition) is 4. The van der Waals surface area contributed by atoms with Crippen molar-refractivity contribution in [1.29, 1.82) is 0 Å². The second kappa shape index (κ2) is 26.8. The van der Waals surface area contributed by atoms with Crippen LogP contribution in [0.3, 0.4) is 0 Å². The van der Waals surface area contributed by atoms with E-state index in [4.69, 9.17) is 4.74 Å². The molecule has 26 heavy (non-hydrogen) atoms. The van der Waals surface area contributed by atoms with E-state index in [1.165, 1.54) is 64.2 Å². The normalized spacial score (nSPS) is 10.7. The zero-order valence-electron chi connectivity index (χ0n) is 18.4. The molecule has 1 N–H and O–H groups in total. The lowest BCUT2D eigenvalue weighted by Gasteiger charge is -2.19. The molecule has 0 fully saturated rings. The van der Waals surface area contributed by atoms with Gasteiger partial charge in [0.1, 0.15) is 6.29 Å². The third-order valence-electron chi connectivity index (χ3n) is 4.38. The fraction of sp³-hybridized carbons (Fsp3) is 0.955. The smallest absolute Gasteiger partial charge is 0.133 e. The molecule has 158 valence electrons. The summed E-state index contributed by atoms with van der Waals surface area (Å²) in [6, 6.07) is 0. The first-order chi connectivity index (χ1) is 12.8. The number of unbranched alkanes of at least 4 members (excludes halogenated alkanes) is 8. The number of nitrogens with zero attached hydrogens (tertiary/aromatic N) is 1. The first-order valence-corrected chi connectivity index (χ1v) is 11.1. The minimum atomic E-state index is 0.590. The third-order valence-corrected chi connectivity index (χ3v) is 4.38. The van der Waals surface area contributed by atoms with Crippen molar-refractivity contribution < 1.29 is 9.53 Å². The molecule has 0 aliphatic heterocycles. The first-order valence-electron chi connectivity index (χ1n) is 11.1. The van der Waals surface area contributed by atoms with E-state index in [-0.39, 0.29) is 0 Å². The second-order valence-electron chi connectivity index (χ2n) is 7.04. The molecule has 0 aliphatic rings. The number of carbonyl (C=O) groups excluding carboxylic acids is 1. The van der Waals surface area contributed by atoms with Crippen molar-refractivity contribution >= 4 is 6.29 Å². The highest BCUT2D eigenvalue weighted by Gasteiger charge is 2.03. The van der Waals surface area contributed by atoms with E-state index >= 15 is 0 Å². The van der Waals surface area contributed by atoms with Gasteiger partial charge in [-0.05, 0) is 32.4 Å². The van der Waals surface area contributed by atoms with Crippen LogP contribution in [0.4, 0.5) is 0 Å². The predicted octanol–water partition coefficient (Wildman–Crippen LogP) is 5.06. The summed E-state index contributed by atoms with van der Waals surface area (Å²) in [7, 11) is 1.71. The quantitative estimate of drug-likeness (QED) is 0.254. The number of hydrogen-bond donors (Lipinski definition) is 1. The lowest BCUT2D eigenvalue weighted by molar-refractivity contribution is -0.108. The van der Waals surface area contributed by atoms with Crippen LogP contribution in [0.15, 0.2) is 0 Å². The lowest BCUT2D eigenvalue weighted by atomic mass is 10.1. The number of aldehydes is 1. The van der Waals surface area contributed by atoms with E-state index in [1.807, 2.05) is 0 Å². The van der Waals surface area contributed by atoms with Crippen molar-refractivity contribution in [3.63, 3.8) is 0 Å². The van der Waals surface area contributed by atoms with E-state index < -0.39 is 0 Å². The summed E-state index contributed by atoms with van der Waals surface area (Å²) in [4.78, 5) is 13.0. The van der Waals surface area contributed by atoms with Crippen molar-refractivity contribution in [2.75, 3.05) is 46.4 Å². The van der Waals surface area contributed by atoms with Gasteiger partial charge in [-0.25, -0.2) is 0 Å². The maximum absolute atomic E-state index is 10.7. The number of carbonyl (C=O) groups is 1. The number of rotatable bonds is 19. The molecule has 0 aromatic rings. The number of methoxy groups -OCH3 is 1. The summed E-state index contributed by atoms with van der Waals surface area (Å²) in [5, 5.41) is 3.48. The van der Waals surface area contributed by atoms with Crippen molar-refractivity contribution in [1.82, 2.24) is 10.2 Å². The number of ether oxygens (including phenoxy) is 1. The van der Waals surface area contributed by atoms with Gasteiger partial charge in [0.2, 0.25) is 0 Å². The molecule has 0 heterocycles. The maximum Gasteiger partial charge on any atom is 0.133 e. The van der Waals surface area contributed by atoms with Gasteiger partial charge in [0.05, 0.1) is 6.54 Å². The van der Waals surface area contributed by atoms with Crippen LogP contribution in [0.2, 0.25) is 0 Å². The first kappa shape index (κ1) is 27.8. The lowest BCUT2D eigenvalue weighted by Crippen LogP contribution is -2.34. The SMILES string of the molecule is CCCCCCCCCN(CC=O)CCNCCCCC.CCCOC. The summed E-state index contributed by atoms with van der Waals surface area (Å²) >= 11 is 0. The van der Waals surface area contributed by atoms with Crippen molar-refractivity contribution in [2.45, 2.75) is 91.4 Å². The average molecular weight is 373 g/mol. The van der Waals surface area contributed by atoms with Crippen molar-refractivity contribution in [3.05, 3.63) is 0 Å². The van der Waals surface area contributed by atoms with Crippen LogP contribution in [0.5, 0.6) is 0 Å². The van der Waals surface area contributed by atoms with Crippen LogP contribution in [0, 0.1) is 0 Å². The third kappa shape index (κ3) is 25.8. The van der Waals surface area contributed by atoms with Gasteiger partial charge >= 0.3 is 0 Å². The Bertz CT molecular complexity index is 248. The van der Waals surface area contributed by atoms with E-state index in [0.717, 1.165) is 45.5 Å². The van der Waals surface area contributed by atoms with E-state index in [9.17, 15) is 4.79 Å². The van der Waals surface area contributed by atoms with Crippen LogP contribution in [-0.2, 0) is 9.53 Å². The largest absolute Gasteiger partial charge is 0.385 e. The minimum Gasteiger partial charge on any atom is -0.385 e. The summed E-state index contributed by atoms with van der Waals surface area (Å²) < 4.78 is 4.69. The summed E-state index contributed by atoms with van der Waals surface area (Å²) in [6.45, 7) is 12.2. The van der Waals surface area contributed by atoms with Crippen LogP contribution in [-0.4, -0.2) is 57.6 Å². The summed E-state index contributed by atoms with van der Waals surface area (Å²) in [5.74, 6) is 0. The number of nitrogens with one attached hydrogen (secondary N) is 1. The maximum atomic E-state index is 10.7. The Hall–Kier alpha value is -0.450. The summed E-state index contributed by atoms with van der Waals surface area (Å²) in [6.07, 6.45) is 15.4. The van der Waals surface area contributed by atoms with Crippen LogP contribution >= 0.6 is 0 Å². The minimum absolute atomic E-state index is 0.590. The predicted molar refractivity (Wildman–Crippen MR) is 115 cm³/mol. The zero-order valence-corrected chi connectivity index (χ0v) is 18.4. The van der Waals surface area contributed by atoms with Gasteiger partial charge < -0.3 is 14.8 Å². The molecule has 0 saturated carbocycles. The Kier molecular flexibility index (Phi) is 28.6. The van der Waals surface area contributed by atoms with Gasteiger partial charge in [0.25, 0.3) is 0 Å². The standard InChI is InChI=1S/C18H38N2O.C4H10O/c1-3-5-7-8-9-10-12-15-20(17-18-21)16-14-19-13-11-6-4-2;1-3-4-5-2/h18-19H,3-17H2,1-2H3;3-4H2,1-2H3. The Morgan fingerprint density at radius 2 is 1.38 bits per heavy atom. The molecule has 4 heteroatoms. The molecule has 0 saturated heterocycles. The molecule has 0 radical (unpaired) electrons. The molecular formula is C22H48N2O2. The Morgan fingerprint density at radius 1 is 0.769 bits per heavy atom. The molecular weight excluding hydrogens is 324 g/mol. The molecule has 0 spiro atoms. The van der Waals surface area contributed by atoms with Gasteiger partial charge in [-0.1, -0.05) is 72.1 Å². The van der Waals surface area contributed by atoms with E-state index in [1.54, 1.807) is 7.11 Å². The van der Waals surface area contributed by atoms with Crippen molar-refractivity contribution in [3.8, 4) is 0 Å². The van der Waals surface area contributed by atoms with Gasteiger partial charge in [0, 0.05) is 26.8 Å². The molecule has 0 aromatic carbocycles. The highest BCUT2D eigenvalue weighted by Crippen LogP contribution is 2.07. The van der Waals surface area contributed by atoms with Crippen LogP contribution < -0.4 is 5.32 Å². The van der Waals surface area contributed by atoms with Crippen LogP contribution in [0.1, 0.15) is 91.4 Å². The molecule has 0 unspecified atom stereocenters. The highest BCUT2D eigenvalue weighted by molar-refractivity contribution is 5.51. The fourth-order valence-electron chi connectivity index (χ4n) is 2.76. The van der Waals surface area contributed by atoms with Gasteiger partial charge in [-0.15, -0.1) is 0 Å². The highest BCUT2D eigenvalue weighted by atomic mass is 16.5. The van der Waals surface area contributed by atoms with E-state index in [0.29, 0.717) is 6.54 Å². The topological polar surface area (TPSA) is 41.6 Å². The Morgan fingerprint density at radius 3 is 1.92 bits per heavy atom. The Labute approximate surface area is 164 Å². The molecule has 0 amide bonds. The molecule has 0 aliphatic carbocycles. The van der Waals surface area contributed by atoms with Gasteiger partial charge in [-0.3, -0.25) is 4.90 Å². The van der Waals surface area contributed by atoms with Gasteiger partial charge in [0.15, 0.2) is 0 Å². The zero-order chi connectivity index (χ0) is 19.7. The molecule has 0 rings (SSSR count). The van der Waals surface area contributed by atoms with Crippen molar-refractivity contribution in [2.24, 2.45) is 0 Å². The molecule has 0 aromatic heterocycles. The van der Waals surface area contributed by atoms with Crippen LogP contribution in [0.25, 0.3) is 0 Å². The molecule has 0 bridgehead atoms. The Balaban J connectivity index is 0. The molecule has 0 atom stereocenters.